The summed E-state index contributed by atoms with van der Waals surface area (Å²) >= 11 is 5.79. The summed E-state index contributed by atoms with van der Waals surface area (Å²) in [6.07, 6.45) is 0.887. The Hall–Kier alpha value is -2.93. The number of hydrogen-bond donors (Lipinski definition) is 1. The first-order valence-corrected chi connectivity index (χ1v) is 8.78. The number of carbonyl (C=O) groups is 2. The third-order valence-electron chi connectivity index (χ3n) is 4.15. The average molecular weight is 389 g/mol. The number of hydrogen-bond acceptors (Lipinski definition) is 6. The molecule has 2 aromatic carbocycles. The molecule has 1 aliphatic rings. The zero-order chi connectivity index (χ0) is 19.6. The molecule has 0 radical (unpaired) electrons. The molecule has 0 aromatic heterocycles. The molecule has 2 aromatic rings. The van der Waals surface area contributed by atoms with Crippen LogP contribution in [0.15, 0.2) is 42.5 Å². The van der Waals surface area contributed by atoms with Crippen molar-refractivity contribution in [2.75, 3.05) is 5.32 Å². The number of ether oxygens (including phenoxy) is 1. The van der Waals surface area contributed by atoms with Crippen LogP contribution < -0.4 is 5.32 Å². The van der Waals surface area contributed by atoms with Crippen molar-refractivity contribution in [3.05, 3.63) is 68.7 Å². The van der Waals surface area contributed by atoms with Crippen molar-refractivity contribution in [2.45, 2.75) is 31.9 Å². The summed E-state index contributed by atoms with van der Waals surface area (Å²) in [4.78, 5) is 35.4. The highest BCUT2D eigenvalue weighted by atomic mass is 35.5. The second-order valence-electron chi connectivity index (χ2n) is 6.33. The van der Waals surface area contributed by atoms with E-state index < -0.39 is 17.0 Å². The van der Waals surface area contributed by atoms with Crippen molar-refractivity contribution in [3.63, 3.8) is 0 Å². The van der Waals surface area contributed by atoms with Crippen LogP contribution in [0.25, 0.3) is 0 Å². The number of anilines is 1. The topological polar surface area (TPSA) is 98.5 Å². The number of Topliss-reactive ketones (excluding diaryl/α,β-unsaturated/α-hetero) is 1. The molecule has 1 aliphatic carbocycles. The Labute approximate surface area is 160 Å². The van der Waals surface area contributed by atoms with Gasteiger partial charge < -0.3 is 10.1 Å². The Balaban J connectivity index is 1.72. The number of rotatable bonds is 7. The third kappa shape index (κ3) is 4.62. The Morgan fingerprint density at radius 2 is 1.81 bits per heavy atom. The number of halogens is 1. The molecule has 0 amide bonds. The molecule has 7 nitrogen and oxygen atoms in total. The first kappa shape index (κ1) is 18.8. The lowest BCUT2D eigenvalue weighted by atomic mass is 10.1. The first-order valence-electron chi connectivity index (χ1n) is 8.41. The molecule has 0 spiro atoms. The zero-order valence-corrected chi connectivity index (χ0v) is 15.2. The number of nitro groups is 1. The summed E-state index contributed by atoms with van der Waals surface area (Å²) < 4.78 is 5.19. The molecular formula is C19H17ClN2O5. The van der Waals surface area contributed by atoms with E-state index >= 15 is 0 Å². The Morgan fingerprint density at radius 3 is 2.41 bits per heavy atom. The van der Waals surface area contributed by atoms with Crippen LogP contribution in [0.5, 0.6) is 0 Å². The number of esters is 1. The van der Waals surface area contributed by atoms with Crippen molar-refractivity contribution < 1.29 is 19.2 Å². The lowest BCUT2D eigenvalue weighted by molar-refractivity contribution is -0.384. The number of nitrogens with one attached hydrogen (secondary N) is 1. The summed E-state index contributed by atoms with van der Waals surface area (Å²) in [5, 5.41) is 14.8. The fourth-order valence-corrected chi connectivity index (χ4v) is 2.64. The number of carbonyl (C=O) groups excluding carboxylic acids is 2. The van der Waals surface area contributed by atoms with Gasteiger partial charge in [-0.3, -0.25) is 14.9 Å². The van der Waals surface area contributed by atoms with Crippen LogP contribution in [0.2, 0.25) is 5.02 Å². The Bertz CT molecular complexity index is 893. The molecule has 3 rings (SSSR count). The largest absolute Gasteiger partial charge is 0.451 e. The van der Waals surface area contributed by atoms with E-state index in [2.05, 4.69) is 5.32 Å². The molecule has 0 unspecified atom stereocenters. The van der Waals surface area contributed by atoms with Gasteiger partial charge in [0.1, 0.15) is 5.69 Å². The van der Waals surface area contributed by atoms with Crippen LogP contribution in [-0.4, -0.2) is 28.8 Å². The summed E-state index contributed by atoms with van der Waals surface area (Å²) in [7, 11) is 0. The first-order chi connectivity index (χ1) is 12.8. The Kier molecular flexibility index (Phi) is 5.41. The quantitative estimate of drug-likeness (QED) is 0.329. The zero-order valence-electron chi connectivity index (χ0n) is 14.5. The van der Waals surface area contributed by atoms with Gasteiger partial charge in [-0.15, -0.1) is 0 Å². The van der Waals surface area contributed by atoms with Gasteiger partial charge in [-0.25, -0.2) is 4.79 Å². The van der Waals surface area contributed by atoms with Crippen LogP contribution in [0.4, 0.5) is 11.4 Å². The summed E-state index contributed by atoms with van der Waals surface area (Å²) in [6.45, 7) is 1.45. The minimum atomic E-state index is -1.04. The summed E-state index contributed by atoms with van der Waals surface area (Å²) in [5.74, 6) is -1.19. The van der Waals surface area contributed by atoms with Crippen molar-refractivity contribution in [1.82, 2.24) is 0 Å². The van der Waals surface area contributed by atoms with Gasteiger partial charge in [0, 0.05) is 22.7 Å². The maximum Gasteiger partial charge on any atom is 0.339 e. The van der Waals surface area contributed by atoms with Gasteiger partial charge in [-0.1, -0.05) is 11.6 Å². The van der Waals surface area contributed by atoms with E-state index in [9.17, 15) is 19.7 Å². The van der Waals surface area contributed by atoms with E-state index in [-0.39, 0.29) is 23.1 Å². The molecule has 1 atom stereocenters. The second-order valence-corrected chi connectivity index (χ2v) is 6.76. The molecule has 0 heterocycles. The van der Waals surface area contributed by atoms with E-state index in [1.54, 1.807) is 12.1 Å². The van der Waals surface area contributed by atoms with Crippen LogP contribution in [0.3, 0.4) is 0 Å². The van der Waals surface area contributed by atoms with Crippen LogP contribution in [-0.2, 0) is 4.74 Å². The Morgan fingerprint density at radius 1 is 1.19 bits per heavy atom. The third-order valence-corrected chi connectivity index (χ3v) is 4.40. The maximum atomic E-state index is 12.3. The van der Waals surface area contributed by atoms with E-state index in [4.69, 9.17) is 16.3 Å². The van der Waals surface area contributed by atoms with Crippen LogP contribution in [0.1, 0.15) is 40.5 Å². The van der Waals surface area contributed by atoms with E-state index in [0.717, 1.165) is 18.9 Å². The molecule has 27 heavy (non-hydrogen) atoms. The number of benzene rings is 2. The smallest absolute Gasteiger partial charge is 0.339 e. The van der Waals surface area contributed by atoms with Gasteiger partial charge >= 0.3 is 5.97 Å². The monoisotopic (exact) mass is 388 g/mol. The molecular weight excluding hydrogens is 372 g/mol. The maximum absolute atomic E-state index is 12.3. The lowest BCUT2D eigenvalue weighted by Gasteiger charge is -2.13. The fraction of sp³-hybridized carbons (Fsp3) is 0.263. The number of ketones is 1. The van der Waals surface area contributed by atoms with Crippen molar-refractivity contribution in [3.8, 4) is 0 Å². The van der Waals surface area contributed by atoms with Crippen molar-refractivity contribution in [2.24, 2.45) is 0 Å². The second kappa shape index (κ2) is 7.75. The van der Waals surface area contributed by atoms with Crippen LogP contribution >= 0.6 is 11.6 Å². The van der Waals surface area contributed by atoms with Gasteiger partial charge in [0.15, 0.2) is 6.10 Å². The van der Waals surface area contributed by atoms with E-state index in [1.807, 2.05) is 0 Å². The number of nitrogens with zero attached hydrogens (tertiary/aromatic N) is 1. The molecule has 0 saturated heterocycles. The highest BCUT2D eigenvalue weighted by Crippen LogP contribution is 2.31. The predicted octanol–water partition coefficient (Wildman–Crippen LogP) is 4.25. The normalized spacial score (nSPS) is 14.3. The highest BCUT2D eigenvalue weighted by molar-refractivity contribution is 6.30. The minimum absolute atomic E-state index is 0.0128. The van der Waals surface area contributed by atoms with Crippen LogP contribution in [0, 0.1) is 10.1 Å². The highest BCUT2D eigenvalue weighted by Gasteiger charge is 2.27. The summed E-state index contributed by atoms with van der Waals surface area (Å²) in [6, 6.07) is 10.5. The summed E-state index contributed by atoms with van der Waals surface area (Å²) in [5.41, 5.74) is 0.533. The molecule has 1 saturated carbocycles. The molecule has 0 bridgehead atoms. The van der Waals surface area contributed by atoms with Gasteiger partial charge in [0.2, 0.25) is 5.78 Å². The number of nitro benzene ring substituents is 1. The molecule has 140 valence electrons. The van der Waals surface area contributed by atoms with Gasteiger partial charge in [0.25, 0.3) is 5.69 Å². The standard InChI is InChI=1S/C19H17ClN2O5/c1-11(18(23)12-2-5-14(20)6-3-12)27-19(24)13-4-9-16(21-15-7-8-15)17(10-13)22(25)26/h2-6,9-11,15,21H,7-8H2,1H3/t11-/m0/s1. The lowest BCUT2D eigenvalue weighted by Crippen LogP contribution is -2.24. The fourth-order valence-electron chi connectivity index (χ4n) is 2.51. The van der Waals surface area contributed by atoms with E-state index in [0.29, 0.717) is 16.3 Å². The molecule has 1 N–H and O–H groups in total. The molecule has 8 heteroatoms. The minimum Gasteiger partial charge on any atom is -0.451 e. The molecule has 1 fully saturated rings. The van der Waals surface area contributed by atoms with Gasteiger partial charge in [-0.05, 0) is 56.2 Å². The van der Waals surface area contributed by atoms with E-state index in [1.165, 1.54) is 31.2 Å². The van der Waals surface area contributed by atoms with Gasteiger partial charge in [-0.2, -0.15) is 0 Å². The van der Waals surface area contributed by atoms with Crippen molar-refractivity contribution >= 4 is 34.7 Å². The average Bonchev–Trinajstić information content (AvgIpc) is 3.45. The predicted molar refractivity (Wildman–Crippen MR) is 100 cm³/mol. The molecule has 0 aliphatic heterocycles. The van der Waals surface area contributed by atoms with Gasteiger partial charge in [0.05, 0.1) is 10.5 Å². The SMILES string of the molecule is C[C@H](OC(=O)c1ccc(NC2CC2)c([N+](=O)[O-])c1)C(=O)c1ccc(Cl)cc1. The van der Waals surface area contributed by atoms with Crippen molar-refractivity contribution in [1.29, 1.82) is 0 Å².